The first-order valence-electron chi connectivity index (χ1n) is 7.85. The minimum Gasteiger partial charge on any atom is -0.388 e. The van der Waals surface area contributed by atoms with Gasteiger partial charge < -0.3 is 9.84 Å². The van der Waals surface area contributed by atoms with Crippen molar-refractivity contribution < 1.29 is 9.84 Å². The minimum atomic E-state index is -1.00. The standard InChI is InChI=1S/C18H23NO2/c1-3-16(2)12-18(20,10-11-21-16)17(13-19)9-8-14-6-4-5-7-15(14)17/h4-7,20H,3,8-12H2,1-2H3. The van der Waals surface area contributed by atoms with Crippen molar-refractivity contribution in [1.82, 2.24) is 0 Å². The lowest BCUT2D eigenvalue weighted by atomic mass is 9.62. The molecule has 3 atom stereocenters. The summed E-state index contributed by atoms with van der Waals surface area (Å²) in [5.41, 5.74) is 0.0998. The second kappa shape index (κ2) is 4.83. The van der Waals surface area contributed by atoms with Crippen molar-refractivity contribution in [2.24, 2.45) is 0 Å². The Morgan fingerprint density at radius 2 is 2.10 bits per heavy atom. The van der Waals surface area contributed by atoms with Crippen LogP contribution in [0.3, 0.4) is 0 Å². The Balaban J connectivity index is 2.07. The summed E-state index contributed by atoms with van der Waals surface area (Å²) in [5.74, 6) is 0. The summed E-state index contributed by atoms with van der Waals surface area (Å²) in [5, 5.41) is 21.4. The highest BCUT2D eigenvalue weighted by molar-refractivity contribution is 5.47. The van der Waals surface area contributed by atoms with Gasteiger partial charge in [0.1, 0.15) is 5.41 Å². The van der Waals surface area contributed by atoms with Gasteiger partial charge in [-0.05, 0) is 37.3 Å². The molecule has 1 aliphatic heterocycles. The molecular formula is C18H23NO2. The van der Waals surface area contributed by atoms with Crippen LogP contribution >= 0.6 is 0 Å². The van der Waals surface area contributed by atoms with Crippen LogP contribution in [0.2, 0.25) is 0 Å². The summed E-state index contributed by atoms with van der Waals surface area (Å²) in [6, 6.07) is 10.6. The lowest BCUT2D eigenvalue weighted by molar-refractivity contribution is -0.173. The molecule has 1 heterocycles. The minimum absolute atomic E-state index is 0.339. The molecular weight excluding hydrogens is 262 g/mol. The van der Waals surface area contributed by atoms with Gasteiger partial charge in [0.2, 0.25) is 0 Å². The summed E-state index contributed by atoms with van der Waals surface area (Å²) >= 11 is 0. The van der Waals surface area contributed by atoms with Crippen molar-refractivity contribution in [2.45, 2.75) is 62.6 Å². The topological polar surface area (TPSA) is 53.2 Å². The fourth-order valence-electron chi connectivity index (χ4n) is 4.13. The first-order chi connectivity index (χ1) is 9.99. The predicted octanol–water partition coefficient (Wildman–Crippen LogP) is 3.10. The Morgan fingerprint density at radius 1 is 1.33 bits per heavy atom. The van der Waals surface area contributed by atoms with Crippen LogP contribution < -0.4 is 0 Å². The zero-order valence-corrected chi connectivity index (χ0v) is 12.9. The lowest BCUT2D eigenvalue weighted by Crippen LogP contribution is -2.58. The van der Waals surface area contributed by atoms with Crippen LogP contribution in [0, 0.1) is 11.3 Å². The predicted molar refractivity (Wildman–Crippen MR) is 80.9 cm³/mol. The van der Waals surface area contributed by atoms with E-state index in [4.69, 9.17) is 4.74 Å². The molecule has 0 aromatic heterocycles. The number of aryl methyl sites for hydroxylation is 1. The number of ether oxygens (including phenoxy) is 1. The van der Waals surface area contributed by atoms with E-state index in [1.54, 1.807) is 0 Å². The van der Waals surface area contributed by atoms with Crippen molar-refractivity contribution in [3.63, 3.8) is 0 Å². The Morgan fingerprint density at radius 3 is 2.81 bits per heavy atom. The van der Waals surface area contributed by atoms with Crippen molar-refractivity contribution in [1.29, 1.82) is 5.26 Å². The van der Waals surface area contributed by atoms with E-state index in [-0.39, 0.29) is 5.60 Å². The third kappa shape index (κ3) is 2.01. The molecule has 1 fully saturated rings. The van der Waals surface area contributed by atoms with E-state index in [9.17, 15) is 10.4 Å². The van der Waals surface area contributed by atoms with Gasteiger partial charge in [0.25, 0.3) is 0 Å². The van der Waals surface area contributed by atoms with E-state index in [0.717, 1.165) is 18.4 Å². The monoisotopic (exact) mass is 285 g/mol. The van der Waals surface area contributed by atoms with Gasteiger partial charge in [-0.2, -0.15) is 5.26 Å². The van der Waals surface area contributed by atoms with Crippen LogP contribution in [0.25, 0.3) is 0 Å². The summed E-state index contributed by atoms with van der Waals surface area (Å²) < 4.78 is 5.88. The number of hydrogen-bond acceptors (Lipinski definition) is 3. The van der Waals surface area contributed by atoms with Crippen molar-refractivity contribution in [3.05, 3.63) is 35.4 Å². The molecule has 1 saturated heterocycles. The van der Waals surface area contributed by atoms with Gasteiger partial charge in [-0.15, -0.1) is 0 Å². The Labute approximate surface area is 126 Å². The maximum Gasteiger partial charge on any atom is 0.112 e. The summed E-state index contributed by atoms with van der Waals surface area (Å²) in [6.07, 6.45) is 3.48. The van der Waals surface area contributed by atoms with E-state index in [1.807, 2.05) is 25.1 Å². The molecule has 3 heteroatoms. The third-order valence-corrected chi connectivity index (χ3v) is 5.61. The molecule has 2 aliphatic rings. The zero-order valence-electron chi connectivity index (χ0n) is 12.9. The highest BCUT2D eigenvalue weighted by Crippen LogP contribution is 2.52. The van der Waals surface area contributed by atoms with E-state index >= 15 is 0 Å². The Kier molecular flexibility index (Phi) is 3.35. The average Bonchev–Trinajstić information content (AvgIpc) is 2.88. The number of fused-ring (bicyclic) bond motifs is 1. The van der Waals surface area contributed by atoms with Gasteiger partial charge in [-0.3, -0.25) is 0 Å². The molecule has 21 heavy (non-hydrogen) atoms. The van der Waals surface area contributed by atoms with Gasteiger partial charge in [0.05, 0.1) is 23.9 Å². The Hall–Kier alpha value is -1.37. The number of nitrogens with zero attached hydrogens (tertiary/aromatic N) is 1. The fourth-order valence-corrected chi connectivity index (χ4v) is 4.13. The molecule has 1 N–H and O–H groups in total. The smallest absolute Gasteiger partial charge is 0.112 e. The fraction of sp³-hybridized carbons (Fsp3) is 0.611. The van der Waals surface area contributed by atoms with Crippen LogP contribution in [0.4, 0.5) is 0 Å². The first kappa shape index (κ1) is 14.6. The second-order valence-electron chi connectivity index (χ2n) is 6.78. The molecule has 1 aliphatic carbocycles. The van der Waals surface area contributed by atoms with Gasteiger partial charge >= 0.3 is 0 Å². The molecule has 0 amide bonds. The van der Waals surface area contributed by atoms with Crippen LogP contribution in [0.1, 0.15) is 50.7 Å². The van der Waals surface area contributed by atoms with Crippen molar-refractivity contribution in [2.75, 3.05) is 6.61 Å². The van der Waals surface area contributed by atoms with Gasteiger partial charge in [0, 0.05) is 12.8 Å². The molecule has 1 aromatic rings. The molecule has 0 bridgehead atoms. The molecule has 1 aromatic carbocycles. The number of aliphatic hydroxyl groups is 1. The van der Waals surface area contributed by atoms with Crippen LogP contribution in [-0.4, -0.2) is 22.9 Å². The lowest BCUT2D eigenvalue weighted by Gasteiger charge is -2.49. The zero-order chi connectivity index (χ0) is 15.1. The van der Waals surface area contributed by atoms with Crippen LogP contribution in [0.5, 0.6) is 0 Å². The Bertz CT molecular complexity index is 593. The number of nitriles is 1. The maximum atomic E-state index is 11.4. The van der Waals surface area contributed by atoms with Gasteiger partial charge in [-0.1, -0.05) is 31.2 Å². The van der Waals surface area contributed by atoms with E-state index in [0.29, 0.717) is 25.9 Å². The number of hydrogen-bond donors (Lipinski definition) is 1. The molecule has 112 valence electrons. The molecule has 0 saturated carbocycles. The van der Waals surface area contributed by atoms with Gasteiger partial charge in [0.15, 0.2) is 0 Å². The quantitative estimate of drug-likeness (QED) is 0.908. The van der Waals surface area contributed by atoms with Crippen molar-refractivity contribution >= 4 is 0 Å². The van der Waals surface area contributed by atoms with Crippen molar-refractivity contribution in [3.8, 4) is 6.07 Å². The van der Waals surface area contributed by atoms with Crippen LogP contribution in [0.15, 0.2) is 24.3 Å². The normalized spacial score (nSPS) is 38.8. The summed E-state index contributed by atoms with van der Waals surface area (Å²) in [4.78, 5) is 0. The third-order valence-electron chi connectivity index (χ3n) is 5.61. The van der Waals surface area contributed by atoms with E-state index < -0.39 is 11.0 Å². The first-order valence-corrected chi connectivity index (χ1v) is 7.85. The summed E-state index contributed by atoms with van der Waals surface area (Å²) in [6.45, 7) is 4.64. The largest absolute Gasteiger partial charge is 0.388 e. The SMILES string of the molecule is CCC1(C)CC(O)(C2(C#N)CCc3ccccc32)CCO1. The molecule has 3 nitrogen and oxygen atoms in total. The van der Waals surface area contributed by atoms with Gasteiger partial charge in [-0.25, -0.2) is 0 Å². The van der Waals surface area contributed by atoms with E-state index in [2.05, 4.69) is 19.1 Å². The summed E-state index contributed by atoms with van der Waals surface area (Å²) in [7, 11) is 0. The average molecular weight is 285 g/mol. The molecule has 0 radical (unpaired) electrons. The number of benzene rings is 1. The molecule has 0 spiro atoms. The highest BCUT2D eigenvalue weighted by atomic mass is 16.5. The highest BCUT2D eigenvalue weighted by Gasteiger charge is 2.58. The number of rotatable bonds is 2. The van der Waals surface area contributed by atoms with Crippen LogP contribution in [-0.2, 0) is 16.6 Å². The molecule has 3 unspecified atom stereocenters. The molecule has 3 rings (SSSR count). The maximum absolute atomic E-state index is 11.4. The van der Waals surface area contributed by atoms with E-state index in [1.165, 1.54) is 5.56 Å². The second-order valence-corrected chi connectivity index (χ2v) is 6.78.